The second-order valence-electron chi connectivity index (χ2n) is 3.63. The van der Waals surface area contributed by atoms with Gasteiger partial charge in [0.25, 0.3) is 0 Å². The summed E-state index contributed by atoms with van der Waals surface area (Å²) < 4.78 is 0. The van der Waals surface area contributed by atoms with Gasteiger partial charge < -0.3 is 11.1 Å². The second kappa shape index (κ2) is 6.70. The maximum absolute atomic E-state index is 11.2. The van der Waals surface area contributed by atoms with Gasteiger partial charge in [0.05, 0.1) is 0 Å². The SMILES string of the molecule is CC(C)C[C@H](NC(=O)CCS)C(N)=O. The molecule has 0 unspecified atom stereocenters. The molecule has 0 aliphatic carbocycles. The summed E-state index contributed by atoms with van der Waals surface area (Å²) in [6, 6.07) is -0.553. The molecule has 0 spiro atoms. The monoisotopic (exact) mass is 218 g/mol. The number of hydrogen-bond acceptors (Lipinski definition) is 3. The van der Waals surface area contributed by atoms with Crippen LogP contribution in [0.2, 0.25) is 0 Å². The molecule has 0 aliphatic rings. The first kappa shape index (κ1) is 13.3. The molecule has 0 rings (SSSR count). The van der Waals surface area contributed by atoms with Gasteiger partial charge in [-0.25, -0.2) is 0 Å². The molecule has 82 valence electrons. The van der Waals surface area contributed by atoms with Crippen LogP contribution in [0.5, 0.6) is 0 Å². The first-order valence-electron chi connectivity index (χ1n) is 4.67. The Labute approximate surface area is 90.0 Å². The quantitative estimate of drug-likeness (QED) is 0.562. The Hall–Kier alpha value is -0.710. The molecule has 0 aromatic heterocycles. The Kier molecular flexibility index (Phi) is 6.36. The Balaban J connectivity index is 4.09. The van der Waals surface area contributed by atoms with Crippen LogP contribution >= 0.6 is 12.6 Å². The van der Waals surface area contributed by atoms with Gasteiger partial charge in [-0.1, -0.05) is 13.8 Å². The number of carbonyl (C=O) groups is 2. The van der Waals surface area contributed by atoms with Crippen molar-refractivity contribution in [1.82, 2.24) is 5.32 Å². The van der Waals surface area contributed by atoms with Crippen LogP contribution in [-0.4, -0.2) is 23.6 Å². The van der Waals surface area contributed by atoms with E-state index in [0.29, 0.717) is 24.5 Å². The molecule has 0 saturated heterocycles. The molecule has 2 amide bonds. The highest BCUT2D eigenvalue weighted by molar-refractivity contribution is 7.80. The average Bonchev–Trinajstić information content (AvgIpc) is 2.02. The normalized spacial score (nSPS) is 12.6. The van der Waals surface area contributed by atoms with E-state index in [4.69, 9.17) is 5.73 Å². The van der Waals surface area contributed by atoms with E-state index in [-0.39, 0.29) is 5.91 Å². The van der Waals surface area contributed by atoms with Crippen molar-refractivity contribution in [2.75, 3.05) is 5.75 Å². The molecule has 0 aliphatic heterocycles. The van der Waals surface area contributed by atoms with Gasteiger partial charge in [-0.2, -0.15) is 12.6 Å². The summed E-state index contributed by atoms with van der Waals surface area (Å²) in [5.41, 5.74) is 5.16. The minimum Gasteiger partial charge on any atom is -0.368 e. The molecule has 1 atom stereocenters. The predicted octanol–water partition coefficient (Wildman–Crippen LogP) is 0.323. The van der Waals surface area contributed by atoms with Gasteiger partial charge in [0, 0.05) is 6.42 Å². The number of hydrogen-bond donors (Lipinski definition) is 3. The highest BCUT2D eigenvalue weighted by Gasteiger charge is 2.18. The van der Waals surface area contributed by atoms with Gasteiger partial charge in [0.1, 0.15) is 6.04 Å². The van der Waals surface area contributed by atoms with Crippen molar-refractivity contribution in [3.8, 4) is 0 Å². The maximum Gasteiger partial charge on any atom is 0.240 e. The lowest BCUT2D eigenvalue weighted by Crippen LogP contribution is -2.45. The molecule has 0 heterocycles. The third kappa shape index (κ3) is 5.85. The second-order valence-corrected chi connectivity index (χ2v) is 4.07. The summed E-state index contributed by atoms with van der Waals surface area (Å²) in [5, 5.41) is 2.59. The number of primary amides is 1. The summed E-state index contributed by atoms with van der Waals surface area (Å²) in [6.45, 7) is 3.95. The van der Waals surface area contributed by atoms with Crippen molar-refractivity contribution in [3.05, 3.63) is 0 Å². The lowest BCUT2D eigenvalue weighted by Gasteiger charge is -2.16. The van der Waals surface area contributed by atoms with Crippen molar-refractivity contribution in [1.29, 1.82) is 0 Å². The molecule has 4 nitrogen and oxygen atoms in total. The number of rotatable bonds is 6. The number of nitrogens with one attached hydrogen (secondary N) is 1. The van der Waals surface area contributed by atoms with Gasteiger partial charge in [-0.15, -0.1) is 0 Å². The fourth-order valence-electron chi connectivity index (χ4n) is 1.09. The summed E-state index contributed by atoms with van der Waals surface area (Å²) in [7, 11) is 0. The zero-order valence-corrected chi connectivity index (χ0v) is 9.51. The Bertz CT molecular complexity index is 207. The number of thiol groups is 1. The van der Waals surface area contributed by atoms with E-state index in [1.807, 2.05) is 13.8 Å². The minimum absolute atomic E-state index is 0.176. The molecule has 5 heteroatoms. The lowest BCUT2D eigenvalue weighted by molar-refractivity contribution is -0.127. The van der Waals surface area contributed by atoms with E-state index in [2.05, 4.69) is 17.9 Å². The van der Waals surface area contributed by atoms with Crippen molar-refractivity contribution in [3.63, 3.8) is 0 Å². The van der Waals surface area contributed by atoms with Crippen LogP contribution in [0, 0.1) is 5.92 Å². The molecule has 0 saturated carbocycles. The van der Waals surface area contributed by atoms with Crippen molar-refractivity contribution >= 4 is 24.4 Å². The molecular weight excluding hydrogens is 200 g/mol. The number of carbonyl (C=O) groups excluding carboxylic acids is 2. The van der Waals surface area contributed by atoms with Gasteiger partial charge in [-0.05, 0) is 18.1 Å². The van der Waals surface area contributed by atoms with Crippen LogP contribution in [0.25, 0.3) is 0 Å². The lowest BCUT2D eigenvalue weighted by atomic mass is 10.0. The third-order valence-electron chi connectivity index (χ3n) is 1.72. The summed E-state index contributed by atoms with van der Waals surface area (Å²) in [6.07, 6.45) is 0.888. The van der Waals surface area contributed by atoms with Gasteiger partial charge in [0.2, 0.25) is 11.8 Å². The van der Waals surface area contributed by atoms with Crippen molar-refractivity contribution in [2.24, 2.45) is 11.7 Å². The number of amides is 2. The Morgan fingerprint density at radius 3 is 2.36 bits per heavy atom. The van der Waals surface area contributed by atoms with E-state index in [1.54, 1.807) is 0 Å². The van der Waals surface area contributed by atoms with Gasteiger partial charge in [0.15, 0.2) is 0 Å². The van der Waals surface area contributed by atoms with Gasteiger partial charge >= 0.3 is 0 Å². The Morgan fingerprint density at radius 1 is 1.43 bits per heavy atom. The molecule has 0 aromatic rings. The van der Waals surface area contributed by atoms with Crippen LogP contribution in [0.1, 0.15) is 26.7 Å². The summed E-state index contributed by atoms with van der Waals surface area (Å²) in [5.74, 6) is 0.137. The molecule has 0 bridgehead atoms. The summed E-state index contributed by atoms with van der Waals surface area (Å²) >= 11 is 3.93. The van der Waals surface area contributed by atoms with E-state index >= 15 is 0 Å². The maximum atomic E-state index is 11.2. The first-order chi connectivity index (χ1) is 6.47. The van der Waals surface area contributed by atoms with E-state index in [1.165, 1.54) is 0 Å². The Morgan fingerprint density at radius 2 is 2.00 bits per heavy atom. The fraction of sp³-hybridized carbons (Fsp3) is 0.778. The first-order valence-corrected chi connectivity index (χ1v) is 5.30. The summed E-state index contributed by atoms with van der Waals surface area (Å²) in [4.78, 5) is 22.1. The van der Waals surface area contributed by atoms with Crippen molar-refractivity contribution < 1.29 is 9.59 Å². The van der Waals surface area contributed by atoms with Crippen LogP contribution in [-0.2, 0) is 9.59 Å². The van der Waals surface area contributed by atoms with Crippen LogP contribution in [0.4, 0.5) is 0 Å². The molecule has 14 heavy (non-hydrogen) atoms. The van der Waals surface area contributed by atoms with E-state index < -0.39 is 11.9 Å². The minimum atomic E-state index is -0.553. The highest BCUT2D eigenvalue weighted by Crippen LogP contribution is 2.04. The predicted molar refractivity (Wildman–Crippen MR) is 59.1 cm³/mol. The van der Waals surface area contributed by atoms with E-state index in [9.17, 15) is 9.59 Å². The zero-order chi connectivity index (χ0) is 11.1. The topological polar surface area (TPSA) is 72.2 Å². The largest absolute Gasteiger partial charge is 0.368 e. The third-order valence-corrected chi connectivity index (χ3v) is 1.95. The number of nitrogens with two attached hydrogens (primary N) is 1. The zero-order valence-electron chi connectivity index (χ0n) is 8.62. The average molecular weight is 218 g/mol. The highest BCUT2D eigenvalue weighted by atomic mass is 32.1. The van der Waals surface area contributed by atoms with E-state index in [0.717, 1.165) is 0 Å². The standard InChI is InChI=1S/C9H18N2O2S/c1-6(2)5-7(9(10)13)11-8(12)3-4-14/h6-7,14H,3-5H2,1-2H3,(H2,10,13)(H,11,12)/t7-/m0/s1. The molecule has 3 N–H and O–H groups in total. The molecular formula is C9H18N2O2S. The van der Waals surface area contributed by atoms with Crippen LogP contribution in [0.15, 0.2) is 0 Å². The molecule has 0 aromatic carbocycles. The van der Waals surface area contributed by atoms with Crippen LogP contribution in [0.3, 0.4) is 0 Å². The molecule has 0 radical (unpaired) electrons. The van der Waals surface area contributed by atoms with Gasteiger partial charge in [-0.3, -0.25) is 9.59 Å². The van der Waals surface area contributed by atoms with Crippen molar-refractivity contribution in [2.45, 2.75) is 32.7 Å². The molecule has 0 fully saturated rings. The van der Waals surface area contributed by atoms with Crippen LogP contribution < -0.4 is 11.1 Å². The smallest absolute Gasteiger partial charge is 0.240 e. The fourth-order valence-corrected chi connectivity index (χ4v) is 1.29.